The molecule has 0 spiro atoms. The summed E-state index contributed by atoms with van der Waals surface area (Å²) in [6, 6.07) is 6.12. The molecular formula is C11H12Br2O2. The molecular weight excluding hydrogens is 324 g/mol. The van der Waals surface area contributed by atoms with Crippen molar-refractivity contribution in [3.05, 3.63) is 33.8 Å². The van der Waals surface area contributed by atoms with Gasteiger partial charge in [0.25, 0.3) is 0 Å². The smallest absolute Gasteiger partial charge is 0.305 e. The maximum atomic E-state index is 11.0. The number of methoxy groups -OCH3 is 1. The van der Waals surface area contributed by atoms with E-state index in [-0.39, 0.29) is 5.97 Å². The van der Waals surface area contributed by atoms with Crippen molar-refractivity contribution < 1.29 is 9.53 Å². The predicted octanol–water partition coefficient (Wildman–Crippen LogP) is 3.45. The largest absolute Gasteiger partial charge is 0.469 e. The summed E-state index contributed by atoms with van der Waals surface area (Å²) in [5, 5.41) is 0.824. The van der Waals surface area contributed by atoms with Crippen LogP contribution in [0, 0.1) is 0 Å². The summed E-state index contributed by atoms with van der Waals surface area (Å²) in [7, 11) is 1.41. The molecule has 0 aromatic heterocycles. The van der Waals surface area contributed by atoms with Gasteiger partial charge in [0.2, 0.25) is 0 Å². The fourth-order valence-corrected chi connectivity index (χ4v) is 2.63. The normalized spacial score (nSPS) is 10.1. The van der Waals surface area contributed by atoms with Gasteiger partial charge in [0.15, 0.2) is 0 Å². The molecule has 0 atom stereocenters. The molecule has 0 aliphatic heterocycles. The number of hydrogen-bond donors (Lipinski definition) is 0. The van der Waals surface area contributed by atoms with Gasteiger partial charge in [0.1, 0.15) is 0 Å². The van der Waals surface area contributed by atoms with Gasteiger partial charge in [-0.05, 0) is 23.6 Å². The maximum Gasteiger partial charge on any atom is 0.305 e. The SMILES string of the molecule is COC(=O)CCc1ccc(CBr)c(Br)c1. The molecule has 2 nitrogen and oxygen atoms in total. The molecule has 15 heavy (non-hydrogen) atoms. The number of halogens is 2. The topological polar surface area (TPSA) is 26.3 Å². The van der Waals surface area contributed by atoms with Crippen LogP contribution in [0.3, 0.4) is 0 Å². The molecule has 0 aliphatic carbocycles. The minimum atomic E-state index is -0.171. The van der Waals surface area contributed by atoms with E-state index in [2.05, 4.69) is 36.6 Å². The van der Waals surface area contributed by atoms with Crippen LogP contribution in [0.2, 0.25) is 0 Å². The first-order valence-electron chi connectivity index (χ1n) is 4.57. The molecule has 0 radical (unpaired) electrons. The molecule has 0 aliphatic rings. The van der Waals surface area contributed by atoms with E-state index < -0.39 is 0 Å². The monoisotopic (exact) mass is 334 g/mol. The Hall–Kier alpha value is -0.350. The zero-order chi connectivity index (χ0) is 11.3. The lowest BCUT2D eigenvalue weighted by Gasteiger charge is -2.04. The Morgan fingerprint density at radius 1 is 1.47 bits per heavy atom. The zero-order valence-corrected chi connectivity index (χ0v) is 11.6. The van der Waals surface area contributed by atoms with Crippen LogP contribution in [-0.2, 0) is 21.3 Å². The minimum Gasteiger partial charge on any atom is -0.469 e. The molecule has 4 heteroatoms. The van der Waals surface area contributed by atoms with Crippen molar-refractivity contribution in [2.45, 2.75) is 18.2 Å². The molecule has 0 saturated heterocycles. The van der Waals surface area contributed by atoms with Crippen molar-refractivity contribution in [1.82, 2.24) is 0 Å². The first-order valence-corrected chi connectivity index (χ1v) is 6.49. The van der Waals surface area contributed by atoms with Crippen LogP contribution in [0.4, 0.5) is 0 Å². The van der Waals surface area contributed by atoms with Gasteiger partial charge in [-0.1, -0.05) is 44.0 Å². The second-order valence-electron chi connectivity index (χ2n) is 3.14. The van der Waals surface area contributed by atoms with Crippen molar-refractivity contribution >= 4 is 37.8 Å². The Morgan fingerprint density at radius 2 is 2.20 bits per heavy atom. The van der Waals surface area contributed by atoms with Gasteiger partial charge in [-0.3, -0.25) is 4.79 Å². The van der Waals surface area contributed by atoms with Crippen molar-refractivity contribution in [2.24, 2.45) is 0 Å². The average molecular weight is 336 g/mol. The number of benzene rings is 1. The number of carbonyl (C=O) groups excluding carboxylic acids is 1. The number of aryl methyl sites for hydroxylation is 1. The van der Waals surface area contributed by atoms with E-state index in [0.29, 0.717) is 12.8 Å². The fourth-order valence-electron chi connectivity index (χ4n) is 1.20. The van der Waals surface area contributed by atoms with Gasteiger partial charge >= 0.3 is 5.97 Å². The molecule has 1 aromatic carbocycles. The summed E-state index contributed by atoms with van der Waals surface area (Å²) in [6.45, 7) is 0. The van der Waals surface area contributed by atoms with Gasteiger partial charge in [-0.2, -0.15) is 0 Å². The minimum absolute atomic E-state index is 0.171. The number of hydrogen-bond acceptors (Lipinski definition) is 2. The molecule has 1 aromatic rings. The summed E-state index contributed by atoms with van der Waals surface area (Å²) < 4.78 is 5.66. The quantitative estimate of drug-likeness (QED) is 0.622. The van der Waals surface area contributed by atoms with Crippen molar-refractivity contribution in [2.75, 3.05) is 7.11 Å². The molecule has 0 bridgehead atoms. The van der Waals surface area contributed by atoms with Crippen molar-refractivity contribution in [3.63, 3.8) is 0 Å². The van der Waals surface area contributed by atoms with Crippen LogP contribution in [0.1, 0.15) is 17.5 Å². The van der Waals surface area contributed by atoms with Crippen molar-refractivity contribution in [1.29, 1.82) is 0 Å². The zero-order valence-electron chi connectivity index (χ0n) is 8.43. The average Bonchev–Trinajstić information content (AvgIpc) is 2.26. The third-order valence-corrected chi connectivity index (χ3v) is 3.45. The van der Waals surface area contributed by atoms with Crippen LogP contribution < -0.4 is 0 Å². The third-order valence-electron chi connectivity index (χ3n) is 2.11. The van der Waals surface area contributed by atoms with E-state index >= 15 is 0 Å². The van der Waals surface area contributed by atoms with E-state index in [4.69, 9.17) is 0 Å². The third kappa shape index (κ3) is 3.95. The number of esters is 1. The highest BCUT2D eigenvalue weighted by molar-refractivity contribution is 9.10. The molecule has 0 saturated carbocycles. The van der Waals surface area contributed by atoms with Gasteiger partial charge in [-0.15, -0.1) is 0 Å². The van der Waals surface area contributed by atoms with Gasteiger partial charge < -0.3 is 4.74 Å². The second-order valence-corrected chi connectivity index (χ2v) is 4.55. The van der Waals surface area contributed by atoms with Crippen molar-refractivity contribution in [3.8, 4) is 0 Å². The summed E-state index contributed by atoms with van der Waals surface area (Å²) in [5.74, 6) is -0.171. The Bertz CT molecular complexity index is 350. The summed E-state index contributed by atoms with van der Waals surface area (Å²) in [5.41, 5.74) is 2.34. The van der Waals surface area contributed by atoms with E-state index in [1.165, 1.54) is 12.7 Å². The summed E-state index contributed by atoms with van der Waals surface area (Å²) >= 11 is 6.89. The van der Waals surface area contributed by atoms with Gasteiger partial charge in [-0.25, -0.2) is 0 Å². The Balaban J connectivity index is 2.63. The molecule has 0 heterocycles. The lowest BCUT2D eigenvalue weighted by atomic mass is 10.1. The Morgan fingerprint density at radius 3 is 2.73 bits per heavy atom. The number of carbonyl (C=O) groups is 1. The van der Waals surface area contributed by atoms with E-state index in [0.717, 1.165) is 15.4 Å². The second kappa shape index (κ2) is 6.28. The van der Waals surface area contributed by atoms with Gasteiger partial charge in [0, 0.05) is 16.2 Å². The van der Waals surface area contributed by atoms with Crippen LogP contribution in [0.25, 0.3) is 0 Å². The lowest BCUT2D eigenvalue weighted by Crippen LogP contribution is -2.01. The van der Waals surface area contributed by atoms with Crippen LogP contribution >= 0.6 is 31.9 Å². The Kier molecular flexibility index (Phi) is 5.32. The molecule has 0 fully saturated rings. The lowest BCUT2D eigenvalue weighted by molar-refractivity contribution is -0.140. The summed E-state index contributed by atoms with van der Waals surface area (Å²) in [6.07, 6.45) is 1.14. The van der Waals surface area contributed by atoms with Crippen LogP contribution in [-0.4, -0.2) is 13.1 Å². The molecule has 82 valence electrons. The van der Waals surface area contributed by atoms with Crippen LogP contribution in [0.5, 0.6) is 0 Å². The molecule has 0 unspecified atom stereocenters. The Labute approximate surface area is 106 Å². The molecule has 0 N–H and O–H groups in total. The first-order chi connectivity index (χ1) is 7.17. The van der Waals surface area contributed by atoms with Gasteiger partial charge in [0.05, 0.1) is 7.11 Å². The molecule has 0 amide bonds. The van der Waals surface area contributed by atoms with E-state index in [9.17, 15) is 4.79 Å². The summed E-state index contributed by atoms with van der Waals surface area (Å²) in [4.78, 5) is 11.0. The number of ether oxygens (including phenoxy) is 1. The van der Waals surface area contributed by atoms with E-state index in [1.54, 1.807) is 0 Å². The number of rotatable bonds is 4. The van der Waals surface area contributed by atoms with E-state index in [1.807, 2.05) is 18.2 Å². The van der Waals surface area contributed by atoms with Crippen LogP contribution in [0.15, 0.2) is 22.7 Å². The predicted molar refractivity (Wildman–Crippen MR) is 67.1 cm³/mol. The fraction of sp³-hybridized carbons (Fsp3) is 0.364. The highest BCUT2D eigenvalue weighted by Gasteiger charge is 2.03. The highest BCUT2D eigenvalue weighted by atomic mass is 79.9. The number of alkyl halides is 1. The molecule has 1 rings (SSSR count). The highest BCUT2D eigenvalue weighted by Crippen LogP contribution is 2.21. The maximum absolute atomic E-state index is 11.0. The standard InChI is InChI=1S/C11H12Br2O2/c1-15-11(14)5-3-8-2-4-9(7-12)10(13)6-8/h2,4,6H,3,5,7H2,1H3. The first kappa shape index (κ1) is 12.7.